The molecule has 0 spiro atoms. The zero-order chi connectivity index (χ0) is 14.4. The van der Waals surface area contributed by atoms with Gasteiger partial charge in [0.15, 0.2) is 11.5 Å². The summed E-state index contributed by atoms with van der Waals surface area (Å²) < 4.78 is 15.9. The zero-order valence-corrected chi connectivity index (χ0v) is 12.2. The Labute approximate surface area is 114 Å². The van der Waals surface area contributed by atoms with Crippen LogP contribution in [-0.2, 0) is 6.42 Å². The molecule has 0 saturated heterocycles. The number of nitriles is 1. The summed E-state index contributed by atoms with van der Waals surface area (Å²) in [6.45, 7) is 4.09. The van der Waals surface area contributed by atoms with Gasteiger partial charge in [0.25, 0.3) is 0 Å². The van der Waals surface area contributed by atoms with Gasteiger partial charge in [-0.25, -0.2) is 0 Å². The molecule has 0 aliphatic heterocycles. The zero-order valence-electron chi connectivity index (χ0n) is 12.2. The van der Waals surface area contributed by atoms with E-state index in [9.17, 15) is 5.26 Å². The van der Waals surface area contributed by atoms with Gasteiger partial charge in [-0.1, -0.05) is 13.8 Å². The first-order chi connectivity index (χ1) is 9.07. The van der Waals surface area contributed by atoms with Gasteiger partial charge in [0, 0.05) is 6.07 Å². The molecule has 0 bridgehead atoms. The molecule has 19 heavy (non-hydrogen) atoms. The molecule has 0 N–H and O–H groups in total. The van der Waals surface area contributed by atoms with Crippen LogP contribution in [0, 0.1) is 23.2 Å². The van der Waals surface area contributed by atoms with E-state index in [1.165, 1.54) is 0 Å². The fraction of sp³-hybridized carbons (Fsp3) is 0.533. The van der Waals surface area contributed by atoms with Gasteiger partial charge in [0.2, 0.25) is 0 Å². The molecule has 0 amide bonds. The largest absolute Gasteiger partial charge is 0.496 e. The van der Waals surface area contributed by atoms with Gasteiger partial charge in [-0.05, 0) is 24.0 Å². The van der Waals surface area contributed by atoms with Gasteiger partial charge in [0.05, 0.1) is 33.3 Å². The maximum Gasteiger partial charge on any atom is 0.164 e. The van der Waals surface area contributed by atoms with Crippen LogP contribution >= 0.6 is 0 Å². The Morgan fingerprint density at radius 1 is 1.00 bits per heavy atom. The Morgan fingerprint density at radius 2 is 1.53 bits per heavy atom. The summed E-state index contributed by atoms with van der Waals surface area (Å²) in [5.41, 5.74) is 0.959. The minimum Gasteiger partial charge on any atom is -0.496 e. The highest BCUT2D eigenvalue weighted by atomic mass is 16.5. The molecule has 104 valence electrons. The van der Waals surface area contributed by atoms with Gasteiger partial charge in [-0.3, -0.25) is 0 Å². The van der Waals surface area contributed by atoms with Crippen molar-refractivity contribution in [2.75, 3.05) is 21.3 Å². The molecule has 0 heterocycles. The summed E-state index contributed by atoms with van der Waals surface area (Å²) in [5.74, 6) is 2.24. The molecule has 1 atom stereocenters. The molecule has 0 saturated carbocycles. The highest BCUT2D eigenvalue weighted by molar-refractivity contribution is 5.51. The Kier molecular flexibility index (Phi) is 5.50. The van der Waals surface area contributed by atoms with E-state index in [4.69, 9.17) is 14.2 Å². The van der Waals surface area contributed by atoms with E-state index in [-0.39, 0.29) is 5.92 Å². The topological polar surface area (TPSA) is 51.5 Å². The van der Waals surface area contributed by atoms with E-state index in [0.29, 0.717) is 23.8 Å². The lowest BCUT2D eigenvalue weighted by molar-refractivity contribution is 0.346. The summed E-state index contributed by atoms with van der Waals surface area (Å²) in [6, 6.07) is 6.01. The highest BCUT2D eigenvalue weighted by Gasteiger charge is 2.18. The van der Waals surface area contributed by atoms with Gasteiger partial charge in [-0.2, -0.15) is 5.26 Å². The van der Waals surface area contributed by atoms with Crippen LogP contribution < -0.4 is 14.2 Å². The van der Waals surface area contributed by atoms with Crippen LogP contribution in [0.25, 0.3) is 0 Å². The van der Waals surface area contributed by atoms with Gasteiger partial charge < -0.3 is 14.2 Å². The molecule has 0 aliphatic rings. The quantitative estimate of drug-likeness (QED) is 0.791. The average molecular weight is 263 g/mol. The molecular formula is C15H21NO3. The van der Waals surface area contributed by atoms with E-state index >= 15 is 0 Å². The van der Waals surface area contributed by atoms with Crippen LogP contribution in [0.3, 0.4) is 0 Å². The molecule has 4 nitrogen and oxygen atoms in total. The standard InChI is InChI=1S/C15H21NO3/c1-10(2)12(9-16)6-11-7-14(18-4)15(19-5)8-13(11)17-3/h7-8,10,12H,6H2,1-5H3. The Morgan fingerprint density at radius 3 is 1.95 bits per heavy atom. The molecule has 0 aromatic heterocycles. The third kappa shape index (κ3) is 3.54. The van der Waals surface area contributed by atoms with E-state index in [1.54, 1.807) is 27.4 Å². The monoisotopic (exact) mass is 263 g/mol. The van der Waals surface area contributed by atoms with Gasteiger partial charge in [0.1, 0.15) is 5.75 Å². The second kappa shape index (κ2) is 6.89. The first-order valence-electron chi connectivity index (χ1n) is 6.25. The van der Waals surface area contributed by atoms with Crippen molar-refractivity contribution in [3.8, 4) is 23.3 Å². The molecule has 1 unspecified atom stereocenters. The van der Waals surface area contributed by atoms with E-state index < -0.39 is 0 Å². The predicted molar refractivity (Wildman–Crippen MR) is 73.7 cm³/mol. The minimum atomic E-state index is -0.0491. The number of methoxy groups -OCH3 is 3. The molecule has 0 aliphatic carbocycles. The van der Waals surface area contributed by atoms with Crippen molar-refractivity contribution in [3.63, 3.8) is 0 Å². The van der Waals surface area contributed by atoms with E-state index in [1.807, 2.05) is 19.9 Å². The van der Waals surface area contributed by atoms with Crippen molar-refractivity contribution < 1.29 is 14.2 Å². The predicted octanol–water partition coefficient (Wildman–Crippen LogP) is 3.05. The van der Waals surface area contributed by atoms with Crippen LogP contribution in [0.15, 0.2) is 12.1 Å². The first-order valence-corrected chi connectivity index (χ1v) is 6.25. The molecule has 1 aromatic rings. The molecule has 4 heteroatoms. The van der Waals surface area contributed by atoms with Crippen LogP contribution in [0.1, 0.15) is 19.4 Å². The second-order valence-corrected chi connectivity index (χ2v) is 4.70. The Bertz CT molecular complexity index is 463. The summed E-state index contributed by atoms with van der Waals surface area (Å²) in [5, 5.41) is 9.20. The maximum atomic E-state index is 9.20. The number of nitrogens with zero attached hydrogens (tertiary/aromatic N) is 1. The lowest BCUT2D eigenvalue weighted by Crippen LogP contribution is -2.10. The summed E-state index contributed by atoms with van der Waals surface area (Å²) >= 11 is 0. The normalized spacial score (nSPS) is 11.8. The number of rotatable bonds is 6. The number of hydrogen-bond donors (Lipinski definition) is 0. The molecule has 1 rings (SSSR count). The number of ether oxygens (including phenoxy) is 3. The van der Waals surface area contributed by atoms with Gasteiger partial charge >= 0.3 is 0 Å². The van der Waals surface area contributed by atoms with Crippen molar-refractivity contribution in [1.82, 2.24) is 0 Å². The maximum absolute atomic E-state index is 9.20. The summed E-state index contributed by atoms with van der Waals surface area (Å²) in [6.07, 6.45) is 0.637. The van der Waals surface area contributed by atoms with Crippen molar-refractivity contribution in [3.05, 3.63) is 17.7 Å². The van der Waals surface area contributed by atoms with E-state index in [2.05, 4.69) is 6.07 Å². The SMILES string of the molecule is COc1cc(OC)c(OC)cc1CC(C#N)C(C)C. The molecule has 0 fully saturated rings. The van der Waals surface area contributed by atoms with Crippen molar-refractivity contribution in [2.24, 2.45) is 11.8 Å². The van der Waals surface area contributed by atoms with Crippen LogP contribution in [0.4, 0.5) is 0 Å². The minimum absolute atomic E-state index is 0.0491. The van der Waals surface area contributed by atoms with Gasteiger partial charge in [-0.15, -0.1) is 0 Å². The van der Waals surface area contributed by atoms with Crippen molar-refractivity contribution >= 4 is 0 Å². The molecular weight excluding hydrogens is 242 g/mol. The van der Waals surface area contributed by atoms with Crippen molar-refractivity contribution in [1.29, 1.82) is 5.26 Å². The third-order valence-corrected chi connectivity index (χ3v) is 3.20. The smallest absolute Gasteiger partial charge is 0.164 e. The summed E-state index contributed by atoms with van der Waals surface area (Å²) in [4.78, 5) is 0. The van der Waals surface area contributed by atoms with E-state index in [0.717, 1.165) is 11.3 Å². The fourth-order valence-corrected chi connectivity index (χ4v) is 1.92. The number of benzene rings is 1. The van der Waals surface area contributed by atoms with Crippen LogP contribution in [-0.4, -0.2) is 21.3 Å². The fourth-order valence-electron chi connectivity index (χ4n) is 1.92. The Balaban J connectivity index is 3.15. The van der Waals surface area contributed by atoms with Crippen LogP contribution in [0.5, 0.6) is 17.2 Å². The number of hydrogen-bond acceptors (Lipinski definition) is 4. The first kappa shape index (κ1) is 15.2. The van der Waals surface area contributed by atoms with Crippen molar-refractivity contribution in [2.45, 2.75) is 20.3 Å². The third-order valence-electron chi connectivity index (χ3n) is 3.20. The van der Waals surface area contributed by atoms with Crippen LogP contribution in [0.2, 0.25) is 0 Å². The Hall–Kier alpha value is -1.89. The lowest BCUT2D eigenvalue weighted by atomic mass is 9.90. The lowest BCUT2D eigenvalue weighted by Gasteiger charge is -2.17. The molecule has 0 radical (unpaired) electrons. The second-order valence-electron chi connectivity index (χ2n) is 4.70. The molecule has 1 aromatic carbocycles. The highest BCUT2D eigenvalue weighted by Crippen LogP contribution is 2.36. The summed E-state index contributed by atoms with van der Waals surface area (Å²) in [7, 11) is 4.79. The average Bonchev–Trinajstić information content (AvgIpc) is 2.43.